The van der Waals surface area contributed by atoms with Crippen molar-refractivity contribution in [3.63, 3.8) is 0 Å². The summed E-state index contributed by atoms with van der Waals surface area (Å²) >= 11 is 0. The molecule has 6 fully saturated rings. The smallest absolute Gasteiger partial charge is 0.0801 e. The largest absolute Gasteiger partial charge is 0.390 e. The summed E-state index contributed by atoms with van der Waals surface area (Å²) in [5.74, 6) is 3.21. The summed E-state index contributed by atoms with van der Waals surface area (Å²) in [5.41, 5.74) is 0. The Kier molecular flexibility index (Phi) is 6.21. The lowest BCUT2D eigenvalue weighted by molar-refractivity contribution is -0.0165. The summed E-state index contributed by atoms with van der Waals surface area (Å²) < 4.78 is 0. The fourth-order valence-electron chi connectivity index (χ4n) is 5.37. The van der Waals surface area contributed by atoms with E-state index in [-0.39, 0.29) is 0 Å². The van der Waals surface area contributed by atoms with Gasteiger partial charge in [0, 0.05) is 0 Å². The highest BCUT2D eigenvalue weighted by molar-refractivity contribution is 4.81. The molecule has 2 heteroatoms. The summed E-state index contributed by atoms with van der Waals surface area (Å²) in [5, 5.41) is 20.8. The third-order valence-electron chi connectivity index (χ3n) is 7.00. The summed E-state index contributed by atoms with van der Waals surface area (Å²) in [7, 11) is 0. The molecule has 0 spiro atoms. The van der Waals surface area contributed by atoms with Gasteiger partial charge in [-0.25, -0.2) is 0 Å². The van der Waals surface area contributed by atoms with Crippen LogP contribution in [0.1, 0.15) is 89.9 Å². The first-order valence-corrected chi connectivity index (χ1v) is 10.1. The van der Waals surface area contributed by atoms with Crippen LogP contribution in [0.4, 0.5) is 0 Å². The van der Waals surface area contributed by atoms with Crippen LogP contribution < -0.4 is 0 Å². The molecule has 6 aliphatic rings. The maximum atomic E-state index is 10.4. The number of hydrogen-bond donors (Lipinski definition) is 2. The van der Waals surface area contributed by atoms with E-state index in [1.54, 1.807) is 0 Å². The predicted octanol–water partition coefficient (Wildman–Crippen LogP) is 4.68. The van der Waals surface area contributed by atoms with Gasteiger partial charge in [0.15, 0.2) is 0 Å². The van der Waals surface area contributed by atoms with Crippen molar-refractivity contribution in [1.29, 1.82) is 0 Å². The SMILES string of the molecule is O[C@@H]1CC2CCC(CCCCC3CCC(CC3)C[C@H]1O)CC2. The average Bonchev–Trinajstić information content (AvgIpc) is 2.53. The van der Waals surface area contributed by atoms with E-state index in [0.717, 1.165) is 24.7 Å². The molecule has 128 valence electrons. The van der Waals surface area contributed by atoms with Crippen LogP contribution in [0.2, 0.25) is 0 Å². The van der Waals surface area contributed by atoms with Crippen molar-refractivity contribution in [2.75, 3.05) is 0 Å². The van der Waals surface area contributed by atoms with Crippen molar-refractivity contribution in [2.24, 2.45) is 23.7 Å². The summed E-state index contributed by atoms with van der Waals surface area (Å²) in [6, 6.07) is 0. The van der Waals surface area contributed by atoms with Gasteiger partial charge < -0.3 is 10.2 Å². The second-order valence-electron chi connectivity index (χ2n) is 8.66. The maximum Gasteiger partial charge on any atom is 0.0801 e. The van der Waals surface area contributed by atoms with Crippen LogP contribution in [0.15, 0.2) is 0 Å². The second-order valence-corrected chi connectivity index (χ2v) is 8.66. The van der Waals surface area contributed by atoms with Crippen LogP contribution >= 0.6 is 0 Å². The van der Waals surface area contributed by atoms with Crippen LogP contribution in [0.5, 0.6) is 0 Å². The Labute approximate surface area is 136 Å². The number of aliphatic hydroxyl groups excluding tert-OH is 2. The molecule has 0 unspecified atom stereocenters. The van der Waals surface area contributed by atoms with E-state index < -0.39 is 12.2 Å². The predicted molar refractivity (Wildman–Crippen MR) is 90.6 cm³/mol. The van der Waals surface area contributed by atoms with Crippen molar-refractivity contribution in [3.8, 4) is 0 Å². The molecule has 0 heterocycles. The van der Waals surface area contributed by atoms with Crippen LogP contribution in [-0.4, -0.2) is 22.4 Å². The first-order valence-electron chi connectivity index (χ1n) is 10.1. The topological polar surface area (TPSA) is 40.5 Å². The molecule has 0 amide bonds. The van der Waals surface area contributed by atoms with Gasteiger partial charge in [0.05, 0.1) is 12.2 Å². The fourth-order valence-corrected chi connectivity index (χ4v) is 5.37. The molecule has 0 aromatic rings. The summed E-state index contributed by atoms with van der Waals surface area (Å²) in [4.78, 5) is 0. The lowest BCUT2D eigenvalue weighted by Gasteiger charge is -2.34. The van der Waals surface area contributed by atoms with Crippen molar-refractivity contribution >= 4 is 0 Å². The molecule has 6 aliphatic carbocycles. The minimum atomic E-state index is -0.479. The summed E-state index contributed by atoms with van der Waals surface area (Å²) in [6.45, 7) is 0. The van der Waals surface area contributed by atoms with Gasteiger partial charge in [0.2, 0.25) is 0 Å². The Morgan fingerprint density at radius 2 is 0.727 bits per heavy atom. The van der Waals surface area contributed by atoms with Gasteiger partial charge in [0.1, 0.15) is 0 Å². The fraction of sp³-hybridized carbons (Fsp3) is 1.00. The molecular formula is C20H36O2. The maximum absolute atomic E-state index is 10.4. The number of aliphatic hydroxyl groups is 2. The molecule has 6 saturated carbocycles. The van der Waals surface area contributed by atoms with Crippen molar-refractivity contribution in [3.05, 3.63) is 0 Å². The number of hydrogen-bond acceptors (Lipinski definition) is 2. The van der Waals surface area contributed by atoms with Crippen molar-refractivity contribution in [2.45, 2.75) is 102 Å². The van der Waals surface area contributed by atoms with Gasteiger partial charge >= 0.3 is 0 Å². The molecule has 0 radical (unpaired) electrons. The van der Waals surface area contributed by atoms with Gasteiger partial charge in [0.25, 0.3) is 0 Å². The van der Waals surface area contributed by atoms with Gasteiger partial charge in [-0.1, -0.05) is 77.0 Å². The minimum absolute atomic E-state index is 0.479. The lowest BCUT2D eigenvalue weighted by Crippen LogP contribution is -2.32. The Morgan fingerprint density at radius 3 is 1.09 bits per heavy atom. The first-order chi connectivity index (χ1) is 10.7. The molecule has 0 aromatic carbocycles. The van der Waals surface area contributed by atoms with Crippen molar-refractivity contribution < 1.29 is 10.2 Å². The molecule has 2 atom stereocenters. The molecule has 2 N–H and O–H groups in total. The quantitative estimate of drug-likeness (QED) is 0.682. The van der Waals surface area contributed by atoms with Crippen LogP contribution in [0.25, 0.3) is 0 Å². The highest BCUT2D eigenvalue weighted by atomic mass is 16.3. The van der Waals surface area contributed by atoms with Crippen LogP contribution in [-0.2, 0) is 0 Å². The van der Waals surface area contributed by atoms with Crippen molar-refractivity contribution in [1.82, 2.24) is 0 Å². The van der Waals surface area contributed by atoms with E-state index in [2.05, 4.69) is 0 Å². The zero-order valence-electron chi connectivity index (χ0n) is 14.3. The van der Waals surface area contributed by atoms with E-state index in [1.807, 2.05) is 0 Å². The highest BCUT2D eigenvalue weighted by Gasteiger charge is 2.29. The number of rotatable bonds is 0. The zero-order valence-corrected chi connectivity index (χ0v) is 14.3. The molecular weight excluding hydrogens is 272 g/mol. The third-order valence-corrected chi connectivity index (χ3v) is 7.00. The molecule has 6 rings (SSSR count). The normalized spacial score (nSPS) is 45.0. The molecule has 0 aliphatic heterocycles. The summed E-state index contributed by atoms with van der Waals surface area (Å²) in [6.07, 6.45) is 17.0. The Balaban J connectivity index is 1.58. The Hall–Kier alpha value is -0.0800. The third kappa shape index (κ3) is 4.71. The van der Waals surface area contributed by atoms with E-state index in [4.69, 9.17) is 0 Å². The van der Waals surface area contributed by atoms with Crippen LogP contribution in [0, 0.1) is 23.7 Å². The van der Waals surface area contributed by atoms with E-state index in [9.17, 15) is 10.2 Å². The van der Waals surface area contributed by atoms with E-state index in [1.165, 1.54) is 77.0 Å². The molecule has 0 saturated heterocycles. The molecule has 2 nitrogen and oxygen atoms in total. The van der Waals surface area contributed by atoms with E-state index in [0.29, 0.717) is 11.8 Å². The second kappa shape index (κ2) is 8.15. The van der Waals surface area contributed by atoms with Gasteiger partial charge in [-0.15, -0.1) is 0 Å². The zero-order chi connectivity index (χ0) is 15.4. The Morgan fingerprint density at radius 1 is 0.409 bits per heavy atom. The van der Waals surface area contributed by atoms with E-state index >= 15 is 0 Å². The minimum Gasteiger partial charge on any atom is -0.390 e. The van der Waals surface area contributed by atoms with Gasteiger partial charge in [-0.3, -0.25) is 0 Å². The van der Waals surface area contributed by atoms with Gasteiger partial charge in [-0.05, 0) is 36.5 Å². The van der Waals surface area contributed by atoms with Gasteiger partial charge in [-0.2, -0.15) is 0 Å². The van der Waals surface area contributed by atoms with Crippen LogP contribution in [0.3, 0.4) is 0 Å². The lowest BCUT2D eigenvalue weighted by atomic mass is 9.74. The highest BCUT2D eigenvalue weighted by Crippen LogP contribution is 2.38. The Bertz CT molecular complexity index is 276. The average molecular weight is 309 g/mol. The molecule has 22 heavy (non-hydrogen) atoms. The monoisotopic (exact) mass is 308 g/mol. The standard InChI is InChI=1S/C20H36O2/c21-19-13-17-9-5-15(6-10-17)3-1-2-4-16-7-11-18(12-8-16)14-20(19)22/h15-22H,1-14H2/t15?,16?,17?,18?,19-,20-/m1/s1. The molecule has 0 aromatic heterocycles. The first kappa shape index (κ1) is 16.8. The molecule has 4 bridgehead atoms.